The quantitative estimate of drug-likeness (QED) is 0.356. The van der Waals surface area contributed by atoms with Crippen molar-refractivity contribution in [3.8, 4) is 11.3 Å². The number of aromatic nitrogens is 2. The van der Waals surface area contributed by atoms with Gasteiger partial charge in [0.2, 0.25) is 0 Å². The molecule has 0 saturated carbocycles. The first-order chi connectivity index (χ1) is 14.8. The van der Waals surface area contributed by atoms with Crippen LogP contribution >= 0.6 is 22.9 Å². The summed E-state index contributed by atoms with van der Waals surface area (Å²) >= 11 is 7.96. The average Bonchev–Trinajstić information content (AvgIpc) is 3.52. The number of fused-ring (bicyclic) bond motifs is 1. The van der Waals surface area contributed by atoms with E-state index in [0.717, 1.165) is 28.2 Å². The van der Waals surface area contributed by atoms with Crippen molar-refractivity contribution in [1.82, 2.24) is 14.3 Å². The van der Waals surface area contributed by atoms with Crippen LogP contribution < -0.4 is 0 Å². The maximum absolute atomic E-state index is 13.8. The Morgan fingerprint density at radius 3 is 2.81 bits per heavy atom. The summed E-state index contributed by atoms with van der Waals surface area (Å²) in [5.41, 5.74) is -1.41. The van der Waals surface area contributed by atoms with Gasteiger partial charge in [-0.1, -0.05) is 17.7 Å². The van der Waals surface area contributed by atoms with E-state index in [0.29, 0.717) is 6.54 Å². The molecule has 0 radical (unpaired) electrons. The zero-order chi connectivity index (χ0) is 21.8. The van der Waals surface area contributed by atoms with Crippen molar-refractivity contribution in [2.75, 3.05) is 6.54 Å². The van der Waals surface area contributed by atoms with Gasteiger partial charge in [0.15, 0.2) is 11.3 Å². The number of hydrogen-bond acceptors (Lipinski definition) is 4. The van der Waals surface area contributed by atoms with Crippen LogP contribution in [0, 0.1) is 0 Å². The second kappa shape index (κ2) is 7.42. The molecule has 1 fully saturated rings. The van der Waals surface area contributed by atoms with Crippen molar-refractivity contribution in [2.45, 2.75) is 25.1 Å². The molecule has 0 spiro atoms. The Kier molecular flexibility index (Phi) is 4.82. The lowest BCUT2D eigenvalue weighted by Crippen LogP contribution is -2.30. The van der Waals surface area contributed by atoms with Gasteiger partial charge in [-0.25, -0.2) is 4.98 Å². The first kappa shape index (κ1) is 20.1. The van der Waals surface area contributed by atoms with Gasteiger partial charge >= 0.3 is 6.18 Å². The number of furan rings is 1. The molecular formula is C21H15ClF3N3O2S. The summed E-state index contributed by atoms with van der Waals surface area (Å²) < 4.78 is 47.8. The number of likely N-dealkylation sites (tertiary alicyclic amines) is 1. The third kappa shape index (κ3) is 3.41. The number of rotatable bonds is 3. The Labute approximate surface area is 183 Å². The number of amides is 1. The maximum atomic E-state index is 13.8. The van der Waals surface area contributed by atoms with Crippen LogP contribution in [0.3, 0.4) is 0 Å². The van der Waals surface area contributed by atoms with Crippen LogP contribution in [-0.2, 0) is 6.18 Å². The van der Waals surface area contributed by atoms with Crippen LogP contribution in [-0.4, -0.2) is 26.7 Å². The van der Waals surface area contributed by atoms with Crippen LogP contribution in [0.15, 0.2) is 52.6 Å². The van der Waals surface area contributed by atoms with E-state index in [2.05, 4.69) is 4.98 Å². The first-order valence-corrected chi connectivity index (χ1v) is 10.8. The monoisotopic (exact) mass is 465 g/mol. The molecule has 5 nitrogen and oxygen atoms in total. The SMILES string of the molecule is O=C(c1nc2c(C(F)(F)F)cc(-c3ccco3)cn2c1Cl)N1CCCC1c1cccs1. The molecule has 10 heteroatoms. The molecule has 1 aliphatic rings. The van der Waals surface area contributed by atoms with E-state index >= 15 is 0 Å². The Bertz CT molecular complexity index is 1250. The lowest BCUT2D eigenvalue weighted by molar-refractivity contribution is -0.136. The molecule has 5 rings (SSSR count). The molecule has 0 aliphatic carbocycles. The highest BCUT2D eigenvalue weighted by molar-refractivity contribution is 7.10. The lowest BCUT2D eigenvalue weighted by atomic mass is 10.1. The van der Waals surface area contributed by atoms with Crippen molar-refractivity contribution >= 4 is 34.5 Å². The van der Waals surface area contributed by atoms with Crippen LogP contribution in [0.5, 0.6) is 0 Å². The molecule has 31 heavy (non-hydrogen) atoms. The van der Waals surface area contributed by atoms with Gasteiger partial charge in [-0.2, -0.15) is 13.2 Å². The van der Waals surface area contributed by atoms with Gasteiger partial charge in [-0.05, 0) is 42.5 Å². The van der Waals surface area contributed by atoms with Crippen molar-refractivity contribution in [2.24, 2.45) is 0 Å². The minimum atomic E-state index is -4.69. The van der Waals surface area contributed by atoms with E-state index in [9.17, 15) is 18.0 Å². The molecule has 1 aliphatic heterocycles. The van der Waals surface area contributed by atoms with E-state index in [1.54, 1.807) is 28.4 Å². The molecule has 160 valence electrons. The van der Waals surface area contributed by atoms with E-state index in [-0.39, 0.29) is 28.2 Å². The summed E-state index contributed by atoms with van der Waals surface area (Å²) in [6.07, 6.45) is -0.332. The number of nitrogens with zero attached hydrogens (tertiary/aromatic N) is 3. The largest absolute Gasteiger partial charge is 0.464 e. The molecule has 1 saturated heterocycles. The van der Waals surface area contributed by atoms with Crippen LogP contribution in [0.4, 0.5) is 13.2 Å². The zero-order valence-electron chi connectivity index (χ0n) is 15.9. The average molecular weight is 466 g/mol. The zero-order valence-corrected chi connectivity index (χ0v) is 17.5. The van der Waals surface area contributed by atoms with Gasteiger partial charge < -0.3 is 9.32 Å². The molecule has 0 bridgehead atoms. The second-order valence-electron chi connectivity index (χ2n) is 7.23. The molecule has 0 aromatic carbocycles. The van der Waals surface area contributed by atoms with E-state index < -0.39 is 23.3 Å². The topological polar surface area (TPSA) is 50.8 Å². The van der Waals surface area contributed by atoms with Crippen LogP contribution in [0.2, 0.25) is 5.15 Å². The number of carbonyl (C=O) groups excluding carboxylic acids is 1. The molecule has 1 amide bonds. The smallest absolute Gasteiger partial charge is 0.420 e. The van der Waals surface area contributed by atoms with Crippen molar-refractivity contribution in [1.29, 1.82) is 0 Å². The number of imidazole rings is 1. The van der Waals surface area contributed by atoms with Gasteiger partial charge in [-0.15, -0.1) is 11.3 Å². The molecule has 1 unspecified atom stereocenters. The summed E-state index contributed by atoms with van der Waals surface area (Å²) in [6, 6.07) is 7.81. The minimum absolute atomic E-state index is 0.130. The van der Waals surface area contributed by atoms with E-state index in [1.165, 1.54) is 12.5 Å². The molecule has 0 N–H and O–H groups in total. The number of pyridine rings is 1. The number of thiophene rings is 1. The normalized spacial score (nSPS) is 17.0. The summed E-state index contributed by atoms with van der Waals surface area (Å²) in [4.78, 5) is 20.0. The Hall–Kier alpha value is -2.78. The Morgan fingerprint density at radius 1 is 1.29 bits per heavy atom. The maximum Gasteiger partial charge on any atom is 0.420 e. The predicted octanol–water partition coefficient (Wildman–Crippen LogP) is 6.31. The molecule has 4 aromatic heterocycles. The standard InChI is InChI=1S/C21H15ClF3N3O2S/c22-18-17(20(29)27-7-1-4-14(27)16-6-3-9-31-16)26-19-13(21(23,24)25)10-12(11-28(18)19)15-5-2-8-30-15/h2-3,5-6,8-11,14H,1,4,7H2. The third-order valence-corrected chi connectivity index (χ3v) is 6.70. The summed E-state index contributed by atoms with van der Waals surface area (Å²) in [5.74, 6) is -0.223. The van der Waals surface area contributed by atoms with Gasteiger partial charge in [0.25, 0.3) is 5.91 Å². The van der Waals surface area contributed by atoms with Crippen molar-refractivity contribution < 1.29 is 22.4 Å². The third-order valence-electron chi connectivity index (χ3n) is 5.36. The Balaban J connectivity index is 1.63. The predicted molar refractivity (Wildman–Crippen MR) is 110 cm³/mol. The van der Waals surface area contributed by atoms with Gasteiger partial charge in [0.05, 0.1) is 17.9 Å². The highest BCUT2D eigenvalue weighted by Crippen LogP contribution is 2.39. The highest BCUT2D eigenvalue weighted by Gasteiger charge is 2.38. The highest BCUT2D eigenvalue weighted by atomic mass is 35.5. The fourth-order valence-electron chi connectivity index (χ4n) is 3.96. The van der Waals surface area contributed by atoms with E-state index in [1.807, 2.05) is 17.5 Å². The molecule has 4 aromatic rings. The summed E-state index contributed by atoms with van der Waals surface area (Å²) in [7, 11) is 0. The fraction of sp³-hybridized carbons (Fsp3) is 0.238. The van der Waals surface area contributed by atoms with Gasteiger partial charge in [0, 0.05) is 23.2 Å². The van der Waals surface area contributed by atoms with Crippen LogP contribution in [0.25, 0.3) is 17.0 Å². The second-order valence-corrected chi connectivity index (χ2v) is 8.57. The number of halogens is 4. The number of hydrogen-bond donors (Lipinski definition) is 0. The minimum Gasteiger partial charge on any atom is -0.464 e. The molecular weight excluding hydrogens is 451 g/mol. The molecule has 5 heterocycles. The van der Waals surface area contributed by atoms with Gasteiger partial charge in [-0.3, -0.25) is 9.20 Å². The van der Waals surface area contributed by atoms with Crippen LogP contribution in [0.1, 0.15) is 39.8 Å². The van der Waals surface area contributed by atoms with E-state index in [4.69, 9.17) is 16.0 Å². The fourth-order valence-corrected chi connectivity index (χ4v) is 5.09. The summed E-state index contributed by atoms with van der Waals surface area (Å²) in [6.45, 7) is 0.495. The number of alkyl halides is 3. The van der Waals surface area contributed by atoms with Gasteiger partial charge in [0.1, 0.15) is 10.9 Å². The lowest BCUT2D eigenvalue weighted by Gasteiger charge is -2.23. The Morgan fingerprint density at radius 2 is 2.13 bits per heavy atom. The molecule has 1 atom stereocenters. The number of carbonyl (C=O) groups is 1. The van der Waals surface area contributed by atoms with Crippen molar-refractivity contribution in [3.63, 3.8) is 0 Å². The first-order valence-electron chi connectivity index (χ1n) is 9.51. The summed E-state index contributed by atoms with van der Waals surface area (Å²) in [5, 5.41) is 1.77. The van der Waals surface area contributed by atoms with Crippen molar-refractivity contribution in [3.05, 3.63) is 69.5 Å².